The molecule has 10 atom stereocenters. The average molecular weight is 599 g/mol. The number of carbonyl (C=O) groups is 2. The summed E-state index contributed by atoms with van der Waals surface area (Å²) in [4.78, 5) is 27.6. The smallest absolute Gasteiger partial charge is 0.236 e. The molecule has 5 fully saturated rings. The van der Waals surface area contributed by atoms with Crippen molar-refractivity contribution in [2.75, 3.05) is 45.1 Å². The number of ketones is 1. The molecule has 7 N–H and O–H groups in total. The Morgan fingerprint density at radius 3 is 2.74 bits per heavy atom. The molecule has 1 amide bonds. The first kappa shape index (κ1) is 28.6. The van der Waals surface area contributed by atoms with E-state index >= 15 is 0 Å². The summed E-state index contributed by atoms with van der Waals surface area (Å²) in [5.74, 6) is 1.28. The molecule has 0 bridgehead atoms. The maximum absolute atomic E-state index is 13.0. The molecule has 5 aliphatic heterocycles. The molecule has 8 unspecified atom stereocenters. The highest BCUT2D eigenvalue weighted by Crippen LogP contribution is 2.50. The number of hydrogen-bond donors (Lipinski definition) is 6. The van der Waals surface area contributed by atoms with Crippen LogP contribution in [0, 0.1) is 5.92 Å². The van der Waals surface area contributed by atoms with Crippen LogP contribution in [0.1, 0.15) is 32.1 Å². The average Bonchev–Trinajstić information content (AvgIpc) is 3.58. The number of allylic oxidation sites excluding steroid dienone is 1. The van der Waals surface area contributed by atoms with Gasteiger partial charge in [-0.3, -0.25) is 14.9 Å². The van der Waals surface area contributed by atoms with E-state index < -0.39 is 6.04 Å². The van der Waals surface area contributed by atoms with E-state index in [9.17, 15) is 14.7 Å². The first-order valence-electron chi connectivity index (χ1n) is 14.4. The molecule has 4 saturated heterocycles. The predicted octanol–water partition coefficient (Wildman–Crippen LogP) is -0.368. The van der Waals surface area contributed by atoms with Crippen LogP contribution in [0.3, 0.4) is 0 Å². The quantitative estimate of drug-likeness (QED) is 0.228. The van der Waals surface area contributed by atoms with Crippen LogP contribution in [0.25, 0.3) is 0 Å². The van der Waals surface area contributed by atoms with Crippen LogP contribution in [-0.4, -0.2) is 118 Å². The number of amides is 1. The Morgan fingerprint density at radius 1 is 1.13 bits per heavy atom. The second kappa shape index (κ2) is 12.8. The number of nitrogens with zero attached hydrogens (tertiary/aromatic N) is 1. The standard InChI is InChI=1S/C26H42N6O4S3/c27-25(35)22-17(9-14(11-28-22)30-16-3-1-2-4-18(16)33)31-20-12-29-26(38-20)15-13-37-24-19(34)10-21(39-23(15)24)32-5-7-36-8-6-32/h10,14-18,20,22-24,26,28-31,33H,1-9,11-13H2,(H2,27,35)/t14?,15?,16-,17?,18+,20?,22?,23?,24?,26?/m1/s1. The summed E-state index contributed by atoms with van der Waals surface area (Å²) in [6, 6.07) is -0.214. The second-order valence-electron chi connectivity index (χ2n) is 11.6. The Morgan fingerprint density at radius 2 is 1.95 bits per heavy atom. The number of primary amides is 1. The highest BCUT2D eigenvalue weighted by atomic mass is 32.2. The minimum absolute atomic E-state index is 0.0305. The number of rotatable bonds is 7. The molecular weight excluding hydrogens is 557 g/mol. The molecular formula is C26H42N6O4S3. The number of carbonyl (C=O) groups excluding carboxylic acids is 2. The summed E-state index contributed by atoms with van der Waals surface area (Å²) in [7, 11) is 0. The summed E-state index contributed by atoms with van der Waals surface area (Å²) in [6.45, 7) is 4.59. The van der Waals surface area contributed by atoms with Gasteiger partial charge in [-0.05, 0) is 19.3 Å². The maximum atomic E-state index is 13.0. The van der Waals surface area contributed by atoms with Crippen molar-refractivity contribution in [1.29, 1.82) is 0 Å². The molecule has 10 nitrogen and oxygen atoms in total. The second-order valence-corrected chi connectivity index (χ2v) is 15.3. The van der Waals surface area contributed by atoms with Gasteiger partial charge >= 0.3 is 0 Å². The van der Waals surface area contributed by atoms with Crippen LogP contribution in [-0.2, 0) is 14.3 Å². The molecule has 6 rings (SSSR count). The van der Waals surface area contributed by atoms with Crippen LogP contribution in [0.4, 0.5) is 0 Å². The topological polar surface area (TPSA) is 141 Å². The molecule has 218 valence electrons. The third-order valence-electron chi connectivity index (χ3n) is 8.93. The Labute approximate surface area is 243 Å². The number of ether oxygens (including phenoxy) is 1. The first-order valence-corrected chi connectivity index (χ1v) is 17.3. The van der Waals surface area contributed by atoms with Crippen molar-refractivity contribution in [2.24, 2.45) is 11.7 Å². The van der Waals surface area contributed by atoms with Gasteiger partial charge in [-0.15, -0.1) is 35.3 Å². The minimum Gasteiger partial charge on any atom is -0.392 e. The number of morpholine rings is 1. The van der Waals surface area contributed by atoms with E-state index in [1.807, 2.05) is 29.6 Å². The molecule has 1 aliphatic carbocycles. The van der Waals surface area contributed by atoms with Crippen molar-refractivity contribution in [3.63, 3.8) is 0 Å². The Kier molecular flexibility index (Phi) is 9.38. The van der Waals surface area contributed by atoms with E-state index in [0.717, 1.165) is 62.5 Å². The zero-order chi connectivity index (χ0) is 26.9. The molecule has 1 saturated carbocycles. The zero-order valence-corrected chi connectivity index (χ0v) is 24.7. The van der Waals surface area contributed by atoms with E-state index in [-0.39, 0.29) is 57.2 Å². The molecule has 6 aliphatic rings. The molecule has 0 spiro atoms. The highest BCUT2D eigenvalue weighted by molar-refractivity contribution is 8.07. The summed E-state index contributed by atoms with van der Waals surface area (Å²) >= 11 is 5.58. The van der Waals surface area contributed by atoms with Crippen molar-refractivity contribution in [1.82, 2.24) is 26.2 Å². The number of fused-ring (bicyclic) bond motifs is 1. The summed E-state index contributed by atoms with van der Waals surface area (Å²) < 4.78 is 5.52. The van der Waals surface area contributed by atoms with E-state index in [2.05, 4.69) is 26.2 Å². The fourth-order valence-electron chi connectivity index (χ4n) is 6.83. The lowest BCUT2D eigenvalue weighted by Gasteiger charge is -2.40. The predicted molar refractivity (Wildman–Crippen MR) is 157 cm³/mol. The number of aliphatic hydroxyl groups is 1. The van der Waals surface area contributed by atoms with Gasteiger partial charge in [0.25, 0.3) is 0 Å². The van der Waals surface area contributed by atoms with Gasteiger partial charge < -0.3 is 36.4 Å². The number of thioether (sulfide) groups is 3. The molecule has 5 heterocycles. The number of nitrogens with two attached hydrogens (primary N) is 1. The van der Waals surface area contributed by atoms with Crippen LogP contribution >= 0.6 is 35.3 Å². The molecule has 13 heteroatoms. The number of piperidine rings is 1. The van der Waals surface area contributed by atoms with Crippen LogP contribution < -0.4 is 27.0 Å². The van der Waals surface area contributed by atoms with E-state index in [1.165, 1.54) is 0 Å². The van der Waals surface area contributed by atoms with Gasteiger partial charge in [0.15, 0.2) is 5.78 Å². The maximum Gasteiger partial charge on any atom is 0.236 e. The molecule has 39 heavy (non-hydrogen) atoms. The number of hydrogen-bond acceptors (Lipinski definition) is 12. The van der Waals surface area contributed by atoms with Crippen molar-refractivity contribution in [3.05, 3.63) is 11.1 Å². The van der Waals surface area contributed by atoms with Crippen molar-refractivity contribution in [3.8, 4) is 0 Å². The fraction of sp³-hybridized carbons (Fsp3) is 0.846. The largest absolute Gasteiger partial charge is 0.392 e. The van der Waals surface area contributed by atoms with Gasteiger partial charge in [0, 0.05) is 67.3 Å². The van der Waals surface area contributed by atoms with E-state index in [4.69, 9.17) is 10.5 Å². The zero-order valence-electron chi connectivity index (χ0n) is 22.3. The third kappa shape index (κ3) is 6.46. The van der Waals surface area contributed by atoms with Gasteiger partial charge in [-0.1, -0.05) is 12.8 Å². The Bertz CT molecular complexity index is 939. The summed E-state index contributed by atoms with van der Waals surface area (Å²) in [6.07, 6.45) is 6.42. The minimum atomic E-state index is -0.418. The van der Waals surface area contributed by atoms with Crippen molar-refractivity contribution in [2.45, 2.75) is 83.6 Å². The van der Waals surface area contributed by atoms with Gasteiger partial charge in [0.2, 0.25) is 5.91 Å². The molecule has 0 radical (unpaired) electrons. The van der Waals surface area contributed by atoms with E-state index in [0.29, 0.717) is 25.7 Å². The lowest BCUT2D eigenvalue weighted by Crippen LogP contribution is -2.66. The fourth-order valence-corrected chi connectivity index (χ4v) is 12.0. The van der Waals surface area contributed by atoms with Gasteiger partial charge in [-0.25, -0.2) is 0 Å². The highest BCUT2D eigenvalue weighted by Gasteiger charge is 2.49. The molecule has 0 aromatic carbocycles. The van der Waals surface area contributed by atoms with Crippen molar-refractivity contribution >= 4 is 47.0 Å². The molecule has 0 aromatic heterocycles. The number of nitrogens with one attached hydrogen (secondary N) is 4. The van der Waals surface area contributed by atoms with Gasteiger partial charge in [0.1, 0.15) is 6.04 Å². The molecule has 0 aromatic rings. The normalized spacial score (nSPS) is 43.3. The Balaban J connectivity index is 1.06. The van der Waals surface area contributed by atoms with Gasteiger partial charge in [-0.2, -0.15) is 0 Å². The lowest BCUT2D eigenvalue weighted by molar-refractivity contribution is -0.121. The van der Waals surface area contributed by atoms with Crippen LogP contribution in [0.5, 0.6) is 0 Å². The monoisotopic (exact) mass is 598 g/mol. The SMILES string of the molecule is NC(=O)C1NCC(N[C@@H]2CCCC[C@@H]2O)CC1NC1CNC(C2CSC3C(=O)C=C(N4CCOCC4)SC32)S1. The lowest BCUT2D eigenvalue weighted by atomic mass is 9.89. The van der Waals surface area contributed by atoms with Crippen molar-refractivity contribution < 1.29 is 19.4 Å². The Hall–Kier alpha value is -0.510. The number of aliphatic hydroxyl groups excluding tert-OH is 1. The first-order chi connectivity index (χ1) is 19.0. The van der Waals surface area contributed by atoms with Crippen LogP contribution in [0.2, 0.25) is 0 Å². The van der Waals surface area contributed by atoms with Crippen LogP contribution in [0.15, 0.2) is 11.1 Å². The third-order valence-corrected chi connectivity index (χ3v) is 13.5. The van der Waals surface area contributed by atoms with E-state index in [1.54, 1.807) is 11.8 Å². The summed E-state index contributed by atoms with van der Waals surface area (Å²) in [5, 5.41) is 26.7. The van der Waals surface area contributed by atoms with Gasteiger partial charge in [0.05, 0.1) is 40.3 Å². The summed E-state index contributed by atoms with van der Waals surface area (Å²) in [5.41, 5.74) is 5.79.